The Bertz CT molecular complexity index is 990. The highest BCUT2D eigenvalue weighted by atomic mass is 35.5. The molecule has 0 atom stereocenters. The Hall–Kier alpha value is -2.51. The van der Waals surface area contributed by atoms with E-state index < -0.39 is 0 Å². The maximum Gasteiger partial charge on any atom is 0.165 e. The van der Waals surface area contributed by atoms with Crippen molar-refractivity contribution in [2.24, 2.45) is 0 Å². The summed E-state index contributed by atoms with van der Waals surface area (Å²) in [5.74, 6) is 2.50. The molecule has 0 unspecified atom stereocenters. The number of anilines is 1. The zero-order valence-corrected chi connectivity index (χ0v) is 19.4. The van der Waals surface area contributed by atoms with Crippen molar-refractivity contribution in [3.8, 4) is 22.6 Å². The molecule has 8 heteroatoms. The number of hydrogen-bond acceptors (Lipinski definition) is 6. The van der Waals surface area contributed by atoms with Crippen molar-refractivity contribution >= 4 is 23.9 Å². The van der Waals surface area contributed by atoms with Crippen LogP contribution in [0.2, 0.25) is 0 Å². The molecule has 0 saturated carbocycles. The molecule has 30 heavy (non-hydrogen) atoms. The lowest BCUT2D eigenvalue weighted by atomic mass is 10.0. The molecule has 2 aromatic heterocycles. The molecule has 0 fully saturated rings. The SMILES string of the molecule is CCCN(CCOC)c1cc(C)nc2c(-c3ccc(OC)cc3OC)c(C)nn12.Cl. The second-order valence-electron chi connectivity index (χ2n) is 7.00. The van der Waals surface area contributed by atoms with Crippen molar-refractivity contribution in [1.82, 2.24) is 14.6 Å². The summed E-state index contributed by atoms with van der Waals surface area (Å²) in [5, 5.41) is 4.84. The van der Waals surface area contributed by atoms with Crippen LogP contribution < -0.4 is 14.4 Å². The van der Waals surface area contributed by atoms with Gasteiger partial charge in [-0.15, -0.1) is 12.4 Å². The van der Waals surface area contributed by atoms with Crippen LogP contribution in [0.3, 0.4) is 0 Å². The van der Waals surface area contributed by atoms with Gasteiger partial charge in [0.15, 0.2) is 5.65 Å². The van der Waals surface area contributed by atoms with Crippen LogP contribution in [-0.2, 0) is 4.74 Å². The Morgan fingerprint density at radius 3 is 2.43 bits per heavy atom. The third-order valence-electron chi connectivity index (χ3n) is 4.93. The summed E-state index contributed by atoms with van der Waals surface area (Å²) >= 11 is 0. The van der Waals surface area contributed by atoms with E-state index >= 15 is 0 Å². The number of hydrogen-bond donors (Lipinski definition) is 0. The van der Waals surface area contributed by atoms with Gasteiger partial charge in [0.1, 0.15) is 17.3 Å². The lowest BCUT2D eigenvalue weighted by molar-refractivity contribution is 0.205. The van der Waals surface area contributed by atoms with E-state index in [9.17, 15) is 0 Å². The van der Waals surface area contributed by atoms with Gasteiger partial charge >= 0.3 is 0 Å². The number of methoxy groups -OCH3 is 3. The van der Waals surface area contributed by atoms with E-state index in [1.807, 2.05) is 36.6 Å². The Morgan fingerprint density at radius 2 is 1.80 bits per heavy atom. The molecule has 0 aliphatic rings. The fourth-order valence-corrected chi connectivity index (χ4v) is 3.58. The van der Waals surface area contributed by atoms with Crippen LogP contribution in [0.4, 0.5) is 5.82 Å². The van der Waals surface area contributed by atoms with Gasteiger partial charge in [0, 0.05) is 43.6 Å². The smallest absolute Gasteiger partial charge is 0.165 e. The topological polar surface area (TPSA) is 61.1 Å². The first-order valence-electron chi connectivity index (χ1n) is 9.87. The monoisotopic (exact) mass is 434 g/mol. The highest BCUT2D eigenvalue weighted by Crippen LogP contribution is 2.38. The molecule has 0 amide bonds. The van der Waals surface area contributed by atoms with Crippen LogP contribution in [0.25, 0.3) is 16.8 Å². The molecule has 0 radical (unpaired) electrons. The third kappa shape index (κ3) is 4.63. The van der Waals surface area contributed by atoms with Gasteiger partial charge in [-0.1, -0.05) is 6.92 Å². The minimum atomic E-state index is 0. The Morgan fingerprint density at radius 1 is 1.03 bits per heavy atom. The van der Waals surface area contributed by atoms with E-state index in [2.05, 4.69) is 17.9 Å². The molecule has 3 aromatic rings. The zero-order chi connectivity index (χ0) is 21.0. The summed E-state index contributed by atoms with van der Waals surface area (Å²) in [7, 11) is 5.04. The van der Waals surface area contributed by atoms with Gasteiger partial charge in [-0.3, -0.25) is 0 Å². The minimum Gasteiger partial charge on any atom is -0.497 e. The average molecular weight is 435 g/mol. The Kier molecular flexibility index (Phi) is 8.32. The molecule has 0 saturated heterocycles. The number of ether oxygens (including phenoxy) is 3. The molecule has 0 N–H and O–H groups in total. The maximum absolute atomic E-state index is 5.64. The van der Waals surface area contributed by atoms with Crippen molar-refractivity contribution in [2.75, 3.05) is 45.9 Å². The summed E-state index contributed by atoms with van der Waals surface area (Å²) in [6.07, 6.45) is 1.03. The second-order valence-corrected chi connectivity index (χ2v) is 7.00. The fourth-order valence-electron chi connectivity index (χ4n) is 3.58. The van der Waals surface area contributed by atoms with E-state index in [-0.39, 0.29) is 12.4 Å². The number of fused-ring (bicyclic) bond motifs is 1. The summed E-state index contributed by atoms with van der Waals surface area (Å²) in [6.45, 7) is 8.56. The fraction of sp³-hybridized carbons (Fsp3) is 0.455. The van der Waals surface area contributed by atoms with E-state index in [4.69, 9.17) is 24.3 Å². The molecule has 164 valence electrons. The maximum atomic E-state index is 5.64. The van der Waals surface area contributed by atoms with Gasteiger partial charge in [-0.25, -0.2) is 4.98 Å². The van der Waals surface area contributed by atoms with E-state index in [0.29, 0.717) is 6.61 Å². The first kappa shape index (κ1) is 23.8. The first-order valence-corrected chi connectivity index (χ1v) is 9.87. The second kappa shape index (κ2) is 10.5. The normalized spacial score (nSPS) is 10.7. The minimum absolute atomic E-state index is 0. The van der Waals surface area contributed by atoms with Crippen molar-refractivity contribution < 1.29 is 14.2 Å². The molecule has 0 aliphatic carbocycles. The molecule has 1 aromatic carbocycles. The number of aryl methyl sites for hydroxylation is 2. The highest BCUT2D eigenvalue weighted by Gasteiger charge is 2.21. The quantitative estimate of drug-likeness (QED) is 0.500. The predicted octanol–water partition coefficient (Wildman–Crippen LogP) is 4.31. The Balaban J connectivity index is 0.00000320. The van der Waals surface area contributed by atoms with Gasteiger partial charge in [0.25, 0.3) is 0 Å². The Labute approximate surface area is 184 Å². The van der Waals surface area contributed by atoms with Crippen molar-refractivity contribution in [3.63, 3.8) is 0 Å². The number of rotatable bonds is 9. The van der Waals surface area contributed by atoms with Crippen molar-refractivity contribution in [3.05, 3.63) is 35.7 Å². The lowest BCUT2D eigenvalue weighted by Crippen LogP contribution is -2.30. The van der Waals surface area contributed by atoms with Crippen LogP contribution in [0.1, 0.15) is 24.7 Å². The van der Waals surface area contributed by atoms with Gasteiger partial charge < -0.3 is 19.1 Å². The van der Waals surface area contributed by atoms with E-state index in [1.54, 1.807) is 21.3 Å². The summed E-state index contributed by atoms with van der Waals surface area (Å²) in [5.41, 5.74) is 4.58. The largest absolute Gasteiger partial charge is 0.497 e. The number of nitrogens with zero attached hydrogens (tertiary/aromatic N) is 4. The van der Waals surface area contributed by atoms with Crippen molar-refractivity contribution in [2.45, 2.75) is 27.2 Å². The average Bonchev–Trinajstić information content (AvgIpc) is 3.05. The van der Waals surface area contributed by atoms with Crippen LogP contribution in [0.15, 0.2) is 24.3 Å². The van der Waals surface area contributed by atoms with E-state index in [1.165, 1.54) is 0 Å². The molecule has 0 spiro atoms. The zero-order valence-electron chi connectivity index (χ0n) is 18.6. The molecule has 0 bridgehead atoms. The standard InChI is InChI=1S/C22H30N4O3.ClH/c1-7-10-25(11-12-27-4)20-13-15(2)23-22-21(16(3)24-26(20)22)18-9-8-17(28-5)14-19(18)29-6;/h8-9,13-14H,7,10-12H2,1-6H3;1H. The highest BCUT2D eigenvalue weighted by molar-refractivity contribution is 5.85. The van der Waals surface area contributed by atoms with Gasteiger partial charge in [0.2, 0.25) is 0 Å². The molecular weight excluding hydrogens is 404 g/mol. The van der Waals surface area contributed by atoms with Crippen molar-refractivity contribution in [1.29, 1.82) is 0 Å². The van der Waals surface area contributed by atoms with Gasteiger partial charge in [-0.05, 0) is 32.4 Å². The van der Waals surface area contributed by atoms with Crippen LogP contribution >= 0.6 is 12.4 Å². The molecule has 3 rings (SSSR count). The number of benzene rings is 1. The lowest BCUT2D eigenvalue weighted by Gasteiger charge is -2.24. The molecule has 2 heterocycles. The molecule has 0 aliphatic heterocycles. The predicted molar refractivity (Wildman–Crippen MR) is 123 cm³/mol. The third-order valence-corrected chi connectivity index (χ3v) is 4.93. The number of halogens is 1. The summed E-state index contributed by atoms with van der Waals surface area (Å²) in [6, 6.07) is 7.90. The molecule has 7 nitrogen and oxygen atoms in total. The van der Waals surface area contributed by atoms with E-state index in [0.717, 1.165) is 65.0 Å². The van der Waals surface area contributed by atoms with Gasteiger partial charge in [0.05, 0.1) is 32.1 Å². The van der Waals surface area contributed by atoms with Crippen LogP contribution in [0, 0.1) is 13.8 Å². The first-order chi connectivity index (χ1) is 14.0. The van der Waals surface area contributed by atoms with Crippen LogP contribution in [0.5, 0.6) is 11.5 Å². The molecular formula is C22H31ClN4O3. The number of aromatic nitrogens is 3. The summed E-state index contributed by atoms with van der Waals surface area (Å²) in [4.78, 5) is 7.13. The van der Waals surface area contributed by atoms with Gasteiger partial charge in [-0.2, -0.15) is 9.61 Å². The van der Waals surface area contributed by atoms with Crippen LogP contribution in [-0.4, -0.2) is 55.6 Å². The summed E-state index contributed by atoms with van der Waals surface area (Å²) < 4.78 is 18.2.